The standard InChI is InChI=1S/C17H13N3O4/c1-19-15(10-11-18-19)16(21)8-6-14-7-9-17(24-14)12-2-4-13(5-3-12)20(22)23/h2-11H,1H3/b8-6+. The van der Waals surface area contributed by atoms with Crippen LogP contribution < -0.4 is 0 Å². The fourth-order valence-electron chi connectivity index (χ4n) is 2.20. The summed E-state index contributed by atoms with van der Waals surface area (Å²) in [4.78, 5) is 22.2. The number of nitrogens with zero attached hydrogens (tertiary/aromatic N) is 3. The molecule has 0 aliphatic heterocycles. The number of ketones is 1. The van der Waals surface area contributed by atoms with E-state index >= 15 is 0 Å². The van der Waals surface area contributed by atoms with Gasteiger partial charge in [0.2, 0.25) is 5.78 Å². The number of benzene rings is 1. The highest BCUT2D eigenvalue weighted by molar-refractivity contribution is 6.05. The molecule has 0 N–H and O–H groups in total. The van der Waals surface area contributed by atoms with Gasteiger partial charge in [-0.1, -0.05) is 0 Å². The van der Waals surface area contributed by atoms with Crippen LogP contribution in [0.25, 0.3) is 17.4 Å². The molecule has 0 spiro atoms. The molecule has 0 aliphatic rings. The van der Waals surface area contributed by atoms with Gasteiger partial charge in [-0.15, -0.1) is 0 Å². The van der Waals surface area contributed by atoms with Gasteiger partial charge >= 0.3 is 0 Å². The zero-order chi connectivity index (χ0) is 17.1. The summed E-state index contributed by atoms with van der Waals surface area (Å²) in [5.41, 5.74) is 1.22. The van der Waals surface area contributed by atoms with E-state index in [2.05, 4.69) is 5.10 Å². The average molecular weight is 323 g/mol. The number of carbonyl (C=O) groups excluding carboxylic acids is 1. The monoisotopic (exact) mass is 323 g/mol. The number of allylic oxidation sites excluding steroid dienone is 1. The highest BCUT2D eigenvalue weighted by atomic mass is 16.6. The molecule has 0 bridgehead atoms. The molecule has 0 saturated heterocycles. The molecule has 24 heavy (non-hydrogen) atoms. The smallest absolute Gasteiger partial charge is 0.269 e. The quantitative estimate of drug-likeness (QED) is 0.310. The van der Waals surface area contributed by atoms with Crippen LogP contribution in [0.15, 0.2) is 59.2 Å². The Labute approximate surface area is 137 Å². The average Bonchev–Trinajstić information content (AvgIpc) is 3.21. The maximum Gasteiger partial charge on any atom is 0.269 e. The van der Waals surface area contributed by atoms with E-state index in [0.29, 0.717) is 17.2 Å². The van der Waals surface area contributed by atoms with E-state index in [1.54, 1.807) is 49.7 Å². The molecule has 7 nitrogen and oxygen atoms in total. The number of aromatic nitrogens is 2. The Morgan fingerprint density at radius 1 is 1.21 bits per heavy atom. The van der Waals surface area contributed by atoms with Crippen LogP contribution in [0.1, 0.15) is 16.2 Å². The molecule has 1 aromatic carbocycles. The van der Waals surface area contributed by atoms with Crippen molar-refractivity contribution in [3.63, 3.8) is 0 Å². The first kappa shape index (κ1) is 15.4. The molecule has 0 atom stereocenters. The van der Waals surface area contributed by atoms with E-state index in [1.807, 2.05) is 0 Å². The second kappa shape index (κ2) is 6.33. The Hall–Kier alpha value is -3.48. The van der Waals surface area contributed by atoms with Crippen molar-refractivity contribution in [2.75, 3.05) is 0 Å². The van der Waals surface area contributed by atoms with E-state index < -0.39 is 4.92 Å². The van der Waals surface area contributed by atoms with Crippen LogP contribution in [0, 0.1) is 10.1 Å². The molecule has 2 heterocycles. The minimum atomic E-state index is -0.454. The van der Waals surface area contributed by atoms with E-state index in [-0.39, 0.29) is 11.5 Å². The van der Waals surface area contributed by atoms with E-state index in [1.165, 1.54) is 22.9 Å². The summed E-state index contributed by atoms with van der Waals surface area (Å²) in [6.45, 7) is 0. The number of hydrogen-bond donors (Lipinski definition) is 0. The third-order valence-corrected chi connectivity index (χ3v) is 3.46. The molecule has 120 valence electrons. The lowest BCUT2D eigenvalue weighted by Gasteiger charge is -1.97. The zero-order valence-electron chi connectivity index (χ0n) is 12.7. The molecule has 3 aromatic rings. The summed E-state index contributed by atoms with van der Waals surface area (Å²) in [7, 11) is 1.70. The number of carbonyl (C=O) groups is 1. The highest BCUT2D eigenvalue weighted by Gasteiger charge is 2.09. The fraction of sp³-hybridized carbons (Fsp3) is 0.0588. The van der Waals surface area contributed by atoms with Gasteiger partial charge in [0.1, 0.15) is 17.2 Å². The first-order valence-electron chi connectivity index (χ1n) is 7.09. The topological polar surface area (TPSA) is 91.2 Å². The number of aryl methyl sites for hydroxylation is 1. The van der Waals surface area contributed by atoms with Crippen LogP contribution in [-0.2, 0) is 7.05 Å². The number of furan rings is 1. The number of non-ortho nitro benzene ring substituents is 1. The van der Waals surface area contributed by atoms with Crippen molar-refractivity contribution in [3.8, 4) is 11.3 Å². The lowest BCUT2D eigenvalue weighted by Crippen LogP contribution is -2.03. The van der Waals surface area contributed by atoms with Crippen molar-refractivity contribution in [2.24, 2.45) is 7.05 Å². The van der Waals surface area contributed by atoms with Gasteiger partial charge in [-0.2, -0.15) is 5.10 Å². The Kier molecular flexibility index (Phi) is 4.07. The molecule has 0 radical (unpaired) electrons. The molecule has 0 aliphatic carbocycles. The molecule has 0 unspecified atom stereocenters. The second-order valence-electron chi connectivity index (χ2n) is 5.04. The van der Waals surface area contributed by atoms with Gasteiger partial charge in [0.25, 0.3) is 5.69 Å². The Balaban J connectivity index is 1.76. The number of nitro groups is 1. The summed E-state index contributed by atoms with van der Waals surface area (Å²) in [6, 6.07) is 11.2. The SMILES string of the molecule is Cn1nccc1C(=O)/C=C/c1ccc(-c2ccc([N+](=O)[O-])cc2)o1. The molecular weight excluding hydrogens is 310 g/mol. The van der Waals surface area contributed by atoms with Crippen LogP contribution in [0.3, 0.4) is 0 Å². The summed E-state index contributed by atoms with van der Waals surface area (Å²) in [5, 5.41) is 14.6. The fourth-order valence-corrected chi connectivity index (χ4v) is 2.20. The predicted octanol–water partition coefficient (Wildman–Crippen LogP) is 3.48. The normalized spacial score (nSPS) is 11.0. The maximum atomic E-state index is 12.0. The van der Waals surface area contributed by atoms with Gasteiger partial charge in [0.15, 0.2) is 0 Å². The number of hydrogen-bond acceptors (Lipinski definition) is 5. The number of rotatable bonds is 5. The van der Waals surface area contributed by atoms with Crippen LogP contribution in [0.5, 0.6) is 0 Å². The van der Waals surface area contributed by atoms with E-state index in [9.17, 15) is 14.9 Å². The first-order chi connectivity index (χ1) is 11.5. The highest BCUT2D eigenvalue weighted by Crippen LogP contribution is 2.25. The minimum absolute atomic E-state index is 0.0206. The van der Waals surface area contributed by atoms with Crippen molar-refractivity contribution < 1.29 is 14.1 Å². The number of nitro benzene ring substituents is 1. The van der Waals surface area contributed by atoms with Crippen molar-refractivity contribution >= 4 is 17.5 Å². The van der Waals surface area contributed by atoms with Gasteiger partial charge in [0.05, 0.1) is 4.92 Å². The second-order valence-corrected chi connectivity index (χ2v) is 5.04. The zero-order valence-corrected chi connectivity index (χ0v) is 12.7. The predicted molar refractivity (Wildman–Crippen MR) is 87.4 cm³/mol. The van der Waals surface area contributed by atoms with Crippen molar-refractivity contribution in [3.05, 3.63) is 76.3 Å². The van der Waals surface area contributed by atoms with Crippen LogP contribution in [0.4, 0.5) is 5.69 Å². The molecule has 3 rings (SSSR count). The molecule has 7 heteroatoms. The van der Waals surface area contributed by atoms with Gasteiger partial charge in [-0.3, -0.25) is 19.6 Å². The van der Waals surface area contributed by atoms with E-state index in [4.69, 9.17) is 4.42 Å². The molecule has 0 saturated carbocycles. The van der Waals surface area contributed by atoms with Gasteiger partial charge in [-0.05, 0) is 42.5 Å². The third-order valence-electron chi connectivity index (χ3n) is 3.46. The Bertz CT molecular complexity index is 919. The maximum absolute atomic E-state index is 12.0. The lowest BCUT2D eigenvalue weighted by atomic mass is 10.1. The summed E-state index contributed by atoms with van der Waals surface area (Å²) >= 11 is 0. The van der Waals surface area contributed by atoms with Crippen molar-refractivity contribution in [1.29, 1.82) is 0 Å². The van der Waals surface area contributed by atoms with Crippen LogP contribution >= 0.6 is 0 Å². The molecule has 0 fully saturated rings. The first-order valence-corrected chi connectivity index (χ1v) is 7.09. The van der Waals surface area contributed by atoms with Crippen LogP contribution in [-0.4, -0.2) is 20.5 Å². The van der Waals surface area contributed by atoms with Crippen LogP contribution in [0.2, 0.25) is 0 Å². The minimum Gasteiger partial charge on any atom is -0.457 e. The Morgan fingerprint density at radius 3 is 2.58 bits per heavy atom. The summed E-state index contributed by atoms with van der Waals surface area (Å²) in [6.07, 6.45) is 4.54. The lowest BCUT2D eigenvalue weighted by molar-refractivity contribution is -0.384. The van der Waals surface area contributed by atoms with Gasteiger partial charge < -0.3 is 4.42 Å². The summed E-state index contributed by atoms with van der Waals surface area (Å²) in [5.74, 6) is 0.902. The summed E-state index contributed by atoms with van der Waals surface area (Å²) < 4.78 is 7.13. The molecule has 0 amide bonds. The molecular formula is C17H13N3O4. The van der Waals surface area contributed by atoms with E-state index in [0.717, 1.165) is 5.56 Å². The molecule has 2 aromatic heterocycles. The Morgan fingerprint density at radius 2 is 1.96 bits per heavy atom. The van der Waals surface area contributed by atoms with Gasteiger partial charge in [0, 0.05) is 30.9 Å². The van der Waals surface area contributed by atoms with Crippen molar-refractivity contribution in [1.82, 2.24) is 9.78 Å². The van der Waals surface area contributed by atoms with Gasteiger partial charge in [-0.25, -0.2) is 0 Å². The van der Waals surface area contributed by atoms with Crippen molar-refractivity contribution in [2.45, 2.75) is 0 Å². The third kappa shape index (κ3) is 3.14. The largest absolute Gasteiger partial charge is 0.457 e.